The largest absolute Gasteiger partial charge is 0.482 e. The van der Waals surface area contributed by atoms with E-state index >= 15 is 0 Å². The Morgan fingerprint density at radius 2 is 1.88 bits per heavy atom. The van der Waals surface area contributed by atoms with Gasteiger partial charge in [0.1, 0.15) is 11.4 Å². The number of hydrogen-bond donors (Lipinski definition) is 3. The molecule has 0 spiro atoms. The molecule has 0 aliphatic carbocycles. The van der Waals surface area contributed by atoms with E-state index in [1.165, 1.54) is 6.92 Å². The second kappa shape index (κ2) is 7.21. The molecule has 7 heteroatoms. The number of ether oxygens (including phenoxy) is 1. The fourth-order valence-corrected chi connectivity index (χ4v) is 2.70. The van der Waals surface area contributed by atoms with Crippen LogP contribution < -0.4 is 10.1 Å². The molecular formula is C18H20N2O5. The zero-order valence-electron chi connectivity index (χ0n) is 14.5. The number of Topliss-reactive ketones (excluding diaryl/α,β-unsaturated/α-hetero) is 1. The number of carbonyl (C=O) groups is 3. The molecule has 25 heavy (non-hydrogen) atoms. The molecule has 0 unspecified atom stereocenters. The molecule has 132 valence electrons. The van der Waals surface area contributed by atoms with Crippen molar-refractivity contribution in [1.29, 1.82) is 0 Å². The predicted molar refractivity (Wildman–Crippen MR) is 92.5 cm³/mol. The molecule has 1 amide bonds. The van der Waals surface area contributed by atoms with Crippen molar-refractivity contribution in [2.24, 2.45) is 0 Å². The summed E-state index contributed by atoms with van der Waals surface area (Å²) in [5, 5.41) is 11.4. The van der Waals surface area contributed by atoms with Gasteiger partial charge in [0, 0.05) is 16.9 Å². The summed E-state index contributed by atoms with van der Waals surface area (Å²) < 4.78 is 5.10. The first-order valence-electron chi connectivity index (χ1n) is 7.67. The molecule has 0 saturated heterocycles. The van der Waals surface area contributed by atoms with E-state index in [1.807, 2.05) is 0 Å². The molecule has 7 nitrogen and oxygen atoms in total. The average molecular weight is 344 g/mol. The molecule has 2 rings (SSSR count). The van der Waals surface area contributed by atoms with Gasteiger partial charge in [-0.05, 0) is 57.0 Å². The van der Waals surface area contributed by atoms with Crippen molar-refractivity contribution in [3.63, 3.8) is 0 Å². The minimum absolute atomic E-state index is 0.0959. The Hall–Kier alpha value is -3.09. The van der Waals surface area contributed by atoms with Crippen LogP contribution in [0.3, 0.4) is 0 Å². The zero-order chi connectivity index (χ0) is 18.7. The maximum Gasteiger partial charge on any atom is 0.341 e. The van der Waals surface area contributed by atoms with Crippen LogP contribution in [0.15, 0.2) is 18.2 Å². The van der Waals surface area contributed by atoms with E-state index in [2.05, 4.69) is 10.3 Å². The molecular weight excluding hydrogens is 324 g/mol. The number of benzene rings is 1. The number of carboxylic acid groups (broad SMARTS) is 1. The van der Waals surface area contributed by atoms with Crippen LogP contribution >= 0.6 is 0 Å². The summed E-state index contributed by atoms with van der Waals surface area (Å²) in [6.45, 7) is 6.28. The first kappa shape index (κ1) is 18.3. The predicted octanol–water partition coefficient (Wildman–Crippen LogP) is 2.86. The monoisotopic (exact) mass is 344 g/mol. The van der Waals surface area contributed by atoms with E-state index in [9.17, 15) is 14.4 Å². The van der Waals surface area contributed by atoms with E-state index in [1.54, 1.807) is 39.0 Å². The normalized spacial score (nSPS) is 10.4. The number of carboxylic acids is 1. The molecule has 0 bridgehead atoms. The molecule has 1 aromatic heterocycles. The third-order valence-electron chi connectivity index (χ3n) is 3.83. The van der Waals surface area contributed by atoms with Gasteiger partial charge in [-0.3, -0.25) is 9.59 Å². The lowest BCUT2D eigenvalue weighted by atomic mass is 10.1. The lowest BCUT2D eigenvalue weighted by Gasteiger charge is -2.10. The molecule has 0 atom stereocenters. The number of aryl methyl sites for hydroxylation is 2. The van der Waals surface area contributed by atoms with Gasteiger partial charge >= 0.3 is 5.97 Å². The van der Waals surface area contributed by atoms with Crippen LogP contribution in [0.1, 0.15) is 44.6 Å². The van der Waals surface area contributed by atoms with Gasteiger partial charge in [0.2, 0.25) is 0 Å². The standard InChI is InChI=1S/C18H20N2O5/c1-9-7-13(25-8-15(22)23)5-6-14(9)20-18(24)17-10(2)16(12(4)21)11(3)19-17/h5-7,19H,8H2,1-4H3,(H,20,24)(H,22,23). The third-order valence-corrected chi connectivity index (χ3v) is 3.83. The number of H-pyrrole nitrogens is 1. The number of carbonyl (C=O) groups excluding carboxylic acids is 2. The summed E-state index contributed by atoms with van der Waals surface area (Å²) in [5.41, 5.74) is 3.44. The number of hydrogen-bond acceptors (Lipinski definition) is 4. The smallest absolute Gasteiger partial charge is 0.341 e. The summed E-state index contributed by atoms with van der Waals surface area (Å²) in [7, 11) is 0. The Bertz CT molecular complexity index is 851. The Kier molecular flexibility index (Phi) is 5.26. The van der Waals surface area contributed by atoms with Gasteiger partial charge in [0.15, 0.2) is 12.4 Å². The minimum Gasteiger partial charge on any atom is -0.482 e. The van der Waals surface area contributed by atoms with Gasteiger partial charge < -0.3 is 20.1 Å². The molecule has 0 aliphatic heterocycles. The van der Waals surface area contributed by atoms with E-state index in [0.717, 1.165) is 5.56 Å². The van der Waals surface area contributed by atoms with Gasteiger partial charge in [-0.15, -0.1) is 0 Å². The lowest BCUT2D eigenvalue weighted by molar-refractivity contribution is -0.139. The average Bonchev–Trinajstić information content (AvgIpc) is 2.82. The van der Waals surface area contributed by atoms with Crippen LogP contribution in [-0.2, 0) is 4.79 Å². The fraction of sp³-hybridized carbons (Fsp3) is 0.278. The third kappa shape index (κ3) is 4.06. The van der Waals surface area contributed by atoms with Crippen molar-refractivity contribution < 1.29 is 24.2 Å². The Morgan fingerprint density at radius 3 is 2.40 bits per heavy atom. The van der Waals surface area contributed by atoms with Crippen LogP contribution in [0.5, 0.6) is 5.75 Å². The number of aromatic amines is 1. The SMILES string of the molecule is CC(=O)c1c(C)[nH]c(C(=O)Nc2ccc(OCC(=O)O)cc2C)c1C. The number of aromatic nitrogens is 1. The summed E-state index contributed by atoms with van der Waals surface area (Å²) in [6, 6.07) is 4.87. The Morgan fingerprint density at radius 1 is 1.20 bits per heavy atom. The Labute approximate surface area is 145 Å². The first-order chi connectivity index (χ1) is 11.7. The van der Waals surface area contributed by atoms with Crippen molar-refractivity contribution >= 4 is 23.3 Å². The molecule has 1 heterocycles. The van der Waals surface area contributed by atoms with E-state index < -0.39 is 12.6 Å². The molecule has 0 aliphatic rings. The molecule has 3 N–H and O–H groups in total. The number of ketones is 1. The lowest BCUT2D eigenvalue weighted by Crippen LogP contribution is -2.15. The van der Waals surface area contributed by atoms with E-state index in [0.29, 0.717) is 34.0 Å². The second-order valence-corrected chi connectivity index (χ2v) is 5.79. The highest BCUT2D eigenvalue weighted by atomic mass is 16.5. The molecule has 0 radical (unpaired) electrons. The number of nitrogens with one attached hydrogen (secondary N) is 2. The van der Waals surface area contributed by atoms with Crippen molar-refractivity contribution in [3.8, 4) is 5.75 Å². The van der Waals surface area contributed by atoms with E-state index in [-0.39, 0.29) is 11.7 Å². The number of amides is 1. The van der Waals surface area contributed by atoms with Gasteiger partial charge in [0.05, 0.1) is 0 Å². The highest BCUT2D eigenvalue weighted by molar-refractivity contribution is 6.07. The van der Waals surface area contributed by atoms with Crippen LogP contribution in [0.4, 0.5) is 5.69 Å². The second-order valence-electron chi connectivity index (χ2n) is 5.79. The highest BCUT2D eigenvalue weighted by Crippen LogP contribution is 2.24. The summed E-state index contributed by atoms with van der Waals surface area (Å²) in [5.74, 6) is -1.10. The van der Waals surface area contributed by atoms with Crippen LogP contribution in [-0.4, -0.2) is 34.4 Å². The first-order valence-corrected chi connectivity index (χ1v) is 7.67. The molecule has 2 aromatic rings. The summed E-state index contributed by atoms with van der Waals surface area (Å²) in [4.78, 5) is 37.7. The van der Waals surface area contributed by atoms with Crippen molar-refractivity contribution in [1.82, 2.24) is 4.98 Å². The maximum atomic E-state index is 12.5. The van der Waals surface area contributed by atoms with E-state index in [4.69, 9.17) is 9.84 Å². The maximum absolute atomic E-state index is 12.5. The van der Waals surface area contributed by atoms with Crippen molar-refractivity contribution in [2.75, 3.05) is 11.9 Å². The number of rotatable bonds is 6. The van der Waals surface area contributed by atoms with Gasteiger partial charge in [0.25, 0.3) is 5.91 Å². The highest BCUT2D eigenvalue weighted by Gasteiger charge is 2.20. The van der Waals surface area contributed by atoms with Crippen LogP contribution in [0, 0.1) is 20.8 Å². The molecule has 0 saturated carbocycles. The van der Waals surface area contributed by atoms with Gasteiger partial charge in [-0.25, -0.2) is 4.79 Å². The quantitative estimate of drug-likeness (QED) is 0.698. The van der Waals surface area contributed by atoms with Crippen molar-refractivity contribution in [2.45, 2.75) is 27.7 Å². The fourth-order valence-electron chi connectivity index (χ4n) is 2.70. The van der Waals surface area contributed by atoms with Crippen LogP contribution in [0.2, 0.25) is 0 Å². The summed E-state index contributed by atoms with van der Waals surface area (Å²) in [6.07, 6.45) is 0. The van der Waals surface area contributed by atoms with Crippen LogP contribution in [0.25, 0.3) is 0 Å². The number of anilines is 1. The Balaban J connectivity index is 2.20. The number of aliphatic carboxylic acids is 1. The zero-order valence-corrected chi connectivity index (χ0v) is 14.5. The molecule has 1 aromatic carbocycles. The minimum atomic E-state index is -1.06. The van der Waals surface area contributed by atoms with Gasteiger partial charge in [-0.2, -0.15) is 0 Å². The van der Waals surface area contributed by atoms with Gasteiger partial charge in [-0.1, -0.05) is 0 Å². The van der Waals surface area contributed by atoms with Crippen molar-refractivity contribution in [3.05, 3.63) is 46.3 Å². The summed E-state index contributed by atoms with van der Waals surface area (Å²) >= 11 is 0. The topological polar surface area (TPSA) is 108 Å². The molecule has 0 fully saturated rings.